The summed E-state index contributed by atoms with van der Waals surface area (Å²) in [6.07, 6.45) is 13.9. The molecule has 10 heteroatoms. The van der Waals surface area contributed by atoms with Crippen molar-refractivity contribution < 1.29 is 28.8 Å². The lowest BCUT2D eigenvalue weighted by Crippen LogP contribution is -2.77. The quantitative estimate of drug-likeness (QED) is 0.261. The van der Waals surface area contributed by atoms with Crippen LogP contribution in [0, 0.1) is 23.2 Å². The van der Waals surface area contributed by atoms with Gasteiger partial charge in [0.1, 0.15) is 11.8 Å². The number of allylic oxidation sites excluding steroid dienone is 1. The Morgan fingerprint density at radius 3 is 2.52 bits per heavy atom. The number of nitrogens with two attached hydrogens (primary N) is 1. The highest BCUT2D eigenvalue weighted by molar-refractivity contribution is 6.07. The van der Waals surface area contributed by atoms with Crippen molar-refractivity contribution in [3.8, 4) is 11.8 Å². The summed E-state index contributed by atoms with van der Waals surface area (Å²) in [5, 5.41) is 12.5. The van der Waals surface area contributed by atoms with Gasteiger partial charge < -0.3 is 30.2 Å². The molecule has 1 unspecified atom stereocenters. The molecule has 1 atom stereocenters. The second kappa shape index (κ2) is 18.6. The normalized spacial score (nSPS) is 21.3. The smallest absolute Gasteiger partial charge is 0.407 e. The Morgan fingerprint density at radius 1 is 1.06 bits per heavy atom. The highest BCUT2D eigenvalue weighted by atomic mass is 16.5. The average Bonchev–Trinajstić information content (AvgIpc) is 3.17. The number of rotatable bonds is 12. The van der Waals surface area contributed by atoms with Crippen molar-refractivity contribution >= 4 is 29.5 Å². The number of hydrogen-bond acceptors (Lipinski definition) is 7. The van der Waals surface area contributed by atoms with Crippen LogP contribution in [0.15, 0.2) is 48.7 Å². The third kappa shape index (κ3) is 10.1. The van der Waals surface area contributed by atoms with E-state index in [1.54, 1.807) is 13.3 Å². The van der Waals surface area contributed by atoms with Crippen LogP contribution in [0.4, 0.5) is 10.5 Å². The molecule has 50 heavy (non-hydrogen) atoms. The summed E-state index contributed by atoms with van der Waals surface area (Å²) < 4.78 is 16.2. The molecule has 1 heterocycles. The molecule has 1 saturated heterocycles. The van der Waals surface area contributed by atoms with Gasteiger partial charge >= 0.3 is 6.09 Å². The van der Waals surface area contributed by atoms with E-state index in [-0.39, 0.29) is 30.5 Å². The Hall–Kier alpha value is -4.36. The molecule has 10 nitrogen and oxygen atoms in total. The summed E-state index contributed by atoms with van der Waals surface area (Å²) in [6.45, 7) is 4.13. The monoisotopic (exact) mass is 684 g/mol. The lowest BCUT2D eigenvalue weighted by Gasteiger charge is -2.35. The summed E-state index contributed by atoms with van der Waals surface area (Å²) in [4.78, 5) is 31.8. The van der Waals surface area contributed by atoms with Gasteiger partial charge in [-0.05, 0) is 98.6 Å². The minimum Gasteiger partial charge on any atom is -0.495 e. The van der Waals surface area contributed by atoms with Gasteiger partial charge in [-0.25, -0.2) is 9.79 Å². The predicted molar refractivity (Wildman–Crippen MR) is 195 cm³/mol. The van der Waals surface area contributed by atoms with Gasteiger partial charge in [-0.1, -0.05) is 37.5 Å². The Bertz CT molecular complexity index is 1530. The molecule has 3 fully saturated rings. The first-order chi connectivity index (χ1) is 24.4. The lowest BCUT2D eigenvalue weighted by molar-refractivity contribution is -0.495. The molecule has 5 rings (SSSR count). The van der Waals surface area contributed by atoms with Crippen LogP contribution in [0.25, 0.3) is 5.57 Å². The van der Waals surface area contributed by atoms with Gasteiger partial charge in [0, 0.05) is 50.5 Å². The average molecular weight is 685 g/mol. The topological polar surface area (TPSA) is 141 Å². The van der Waals surface area contributed by atoms with Gasteiger partial charge in [0.05, 0.1) is 18.2 Å². The molecule has 268 valence electrons. The number of ether oxygens (including phenoxy) is 3. The van der Waals surface area contributed by atoms with Gasteiger partial charge in [-0.15, -0.1) is 0 Å². The Labute approximate surface area is 297 Å². The van der Waals surface area contributed by atoms with E-state index in [1.165, 1.54) is 12.0 Å². The zero-order valence-corrected chi connectivity index (χ0v) is 29.7. The van der Waals surface area contributed by atoms with Gasteiger partial charge in [-0.2, -0.15) is 5.26 Å². The fourth-order valence-electron chi connectivity index (χ4n) is 7.51. The zero-order valence-electron chi connectivity index (χ0n) is 29.7. The van der Waals surface area contributed by atoms with Crippen LogP contribution in [0.1, 0.15) is 100 Å². The van der Waals surface area contributed by atoms with Crippen molar-refractivity contribution in [3.05, 3.63) is 65.4 Å². The summed E-state index contributed by atoms with van der Waals surface area (Å²) in [6, 6.07) is 16.3. The number of carbonyl (C=O) groups is 2. The summed E-state index contributed by atoms with van der Waals surface area (Å²) in [7, 11) is 1.59. The van der Waals surface area contributed by atoms with Gasteiger partial charge in [0.15, 0.2) is 18.9 Å². The van der Waals surface area contributed by atoms with Crippen molar-refractivity contribution in [2.24, 2.45) is 17.6 Å². The van der Waals surface area contributed by atoms with E-state index in [1.807, 2.05) is 48.4 Å². The number of carbonyl (C=O) groups excluding carboxylic acids is 2. The molecule has 2 aliphatic carbocycles. The molecular weight excluding hydrogens is 630 g/mol. The number of alkyl carbamates (subject to hydrolysis) is 1. The fraction of sp³-hybridized carbons (Fsp3) is 0.550. The van der Waals surface area contributed by atoms with Crippen LogP contribution in [-0.4, -0.2) is 63.8 Å². The number of nitriles is 1. The van der Waals surface area contributed by atoms with Crippen molar-refractivity contribution in [3.63, 3.8) is 0 Å². The van der Waals surface area contributed by atoms with Crippen molar-refractivity contribution in [1.82, 2.24) is 5.32 Å². The number of nitrogens with zero attached hydrogens (tertiary/aromatic N) is 2. The Balaban J connectivity index is 1.24. The second-order valence-electron chi connectivity index (χ2n) is 14.1. The lowest BCUT2D eigenvalue weighted by atomic mass is 9.78. The van der Waals surface area contributed by atoms with E-state index in [4.69, 9.17) is 19.9 Å². The van der Waals surface area contributed by atoms with Crippen LogP contribution in [-0.2, 0) is 14.3 Å². The first-order valence-electron chi connectivity index (χ1n) is 18.4. The van der Waals surface area contributed by atoms with E-state index in [9.17, 15) is 14.9 Å². The Kier molecular flexibility index (Phi) is 13.7. The maximum atomic E-state index is 14.2. The van der Waals surface area contributed by atoms with Crippen molar-refractivity contribution in [1.29, 1.82) is 5.26 Å². The molecule has 2 aromatic carbocycles. The maximum Gasteiger partial charge on any atom is 0.407 e. The first kappa shape index (κ1) is 36.9. The molecule has 4 N–H and O–H groups in total. The largest absolute Gasteiger partial charge is 0.495 e. The molecule has 2 aromatic rings. The first-order valence-corrected chi connectivity index (χ1v) is 18.4. The van der Waals surface area contributed by atoms with E-state index in [0.29, 0.717) is 42.9 Å². The molecule has 2 saturated carbocycles. The molecule has 0 aromatic heterocycles. The minimum atomic E-state index is -0.419. The minimum absolute atomic E-state index is 0.0506. The number of methoxy groups -OCH3 is 1. The number of benzene rings is 2. The molecule has 0 bridgehead atoms. The number of anilines is 1. The summed E-state index contributed by atoms with van der Waals surface area (Å²) in [5.41, 5.74) is 10.5. The molecule has 0 radical (unpaired) electrons. The maximum absolute atomic E-state index is 14.2. The van der Waals surface area contributed by atoms with E-state index >= 15 is 0 Å². The summed E-state index contributed by atoms with van der Waals surface area (Å²) in [5.74, 6) is 1.67. The van der Waals surface area contributed by atoms with E-state index in [0.717, 1.165) is 81.0 Å². The highest BCUT2D eigenvalue weighted by Crippen LogP contribution is 2.39. The molecular formula is C40H54N5O5+. The second-order valence-corrected chi connectivity index (χ2v) is 14.1. The SMILES string of the molecule is COc1ccc(C2CCC(CN(C(=O)C3CCCCC3)c3cccc(/C(C=[NH+]C(C)COC(=O)NC4CCOCC4)=C/N)c3)CC2)cc1C#N. The van der Waals surface area contributed by atoms with Crippen molar-refractivity contribution in [2.75, 3.05) is 38.4 Å². The summed E-state index contributed by atoms with van der Waals surface area (Å²) >= 11 is 0. The fourth-order valence-corrected chi connectivity index (χ4v) is 7.51. The molecule has 2 amide bonds. The standard InChI is InChI=1S/C40H53N5O5/c1-28(27-50-40(47)44-36-17-19-49-20-18-36)43-25-35(24-42)32-9-6-10-37(22-32)45(39(46)31-7-4-3-5-8-31)26-29-11-13-30(14-12-29)33-15-16-38(48-2)34(21-33)23-41/h6,9-10,15-16,21-22,24-25,28-31,36H,3-5,7-8,11-14,17-20,26-27,42H2,1-2H3,(H,44,47)/p+1/b35-24+,43-25?. The molecule has 0 spiro atoms. The van der Waals surface area contributed by atoms with Crippen LogP contribution < -0.4 is 25.7 Å². The van der Waals surface area contributed by atoms with Gasteiger partial charge in [-0.3, -0.25) is 4.79 Å². The van der Waals surface area contributed by atoms with Crippen molar-refractivity contribution in [2.45, 2.75) is 95.6 Å². The number of nitrogens with one attached hydrogen (secondary N) is 2. The van der Waals surface area contributed by atoms with Crippen LogP contribution >= 0.6 is 0 Å². The number of hydrogen-bond donors (Lipinski definition) is 3. The number of amides is 2. The molecule has 3 aliphatic rings. The van der Waals surface area contributed by atoms with E-state index < -0.39 is 6.09 Å². The predicted octanol–water partition coefficient (Wildman–Crippen LogP) is 5.20. The highest BCUT2D eigenvalue weighted by Gasteiger charge is 2.31. The van der Waals surface area contributed by atoms with E-state index in [2.05, 4.69) is 28.5 Å². The van der Waals surface area contributed by atoms with Crippen LogP contribution in [0.5, 0.6) is 5.75 Å². The molecule has 1 aliphatic heterocycles. The zero-order chi connectivity index (χ0) is 35.3. The van der Waals surface area contributed by atoms with Crippen LogP contribution in [0.3, 0.4) is 0 Å². The van der Waals surface area contributed by atoms with Gasteiger partial charge in [0.2, 0.25) is 5.91 Å². The third-order valence-electron chi connectivity index (χ3n) is 10.5. The Morgan fingerprint density at radius 2 is 1.82 bits per heavy atom. The van der Waals surface area contributed by atoms with Gasteiger partial charge in [0.25, 0.3) is 0 Å². The third-order valence-corrected chi connectivity index (χ3v) is 10.5. The van der Waals surface area contributed by atoms with Crippen LogP contribution in [0.2, 0.25) is 0 Å².